The number of unbranched alkanes of at least 4 members (excludes halogenated alkanes) is 2. The quantitative estimate of drug-likeness (QED) is 0.0274. The summed E-state index contributed by atoms with van der Waals surface area (Å²) in [6.45, 7) is 8.40. The van der Waals surface area contributed by atoms with Gasteiger partial charge in [0.1, 0.15) is 96.1 Å². The molecule has 3 rings (SSSR count). The number of nitrogens with one attached hydrogen (secondary N) is 13. The summed E-state index contributed by atoms with van der Waals surface area (Å²) in [5, 5.41) is 101. The fourth-order valence-corrected chi connectivity index (χ4v) is 13.7. The van der Waals surface area contributed by atoms with E-state index in [1.54, 1.807) is 34.6 Å². The number of rotatable bonds is 62. The van der Waals surface area contributed by atoms with Crippen LogP contribution < -0.4 is 104 Å². The third-order valence-electron chi connectivity index (χ3n) is 21.0. The molecule has 1 heterocycles. The van der Waals surface area contributed by atoms with Gasteiger partial charge in [0.25, 0.3) is 0 Å². The molecule has 131 heavy (non-hydrogen) atoms. The lowest BCUT2D eigenvalue weighted by Crippen LogP contribution is -2.62. The van der Waals surface area contributed by atoms with Gasteiger partial charge in [-0.25, -0.2) is 4.79 Å². The van der Waals surface area contributed by atoms with E-state index in [1.807, 2.05) is 0 Å². The SMILES string of the molecule is CC[C@H](C)[C@H](NC(=O)[C@H](CCC(=O)O)NC(=O)[C@H](CO)NC(=O)[C@H](CC(C)C)NC(=O)[C@H](CC(=O)O)NC(=O)[C@@H]1CCCN1C(=O)[C@H](Cc1ccc(O)cc1)NC(=O)[C@H](CC(C)C)NC(=O)[C@H](CC(N)=O)NC(=O)[C@@H](N)CCC(N)=O)C(=O)N[C@@H](CCCCN)C(=O)N[C@@H](CCCCN)C(=O)N[C@@H](CCC(=O)O)C(=O)N[C@@H](Cc1ccc(O)cc1)C(=O)N[C@@H](CC(N)=O)C(=O)O. The minimum atomic E-state index is -2.04. The van der Waals surface area contributed by atoms with Crippen LogP contribution in [0.4, 0.5) is 0 Å². The first-order chi connectivity index (χ1) is 61.6. The molecule has 0 aromatic heterocycles. The van der Waals surface area contributed by atoms with Crippen molar-refractivity contribution >= 4 is 124 Å². The second-order valence-electron chi connectivity index (χ2n) is 32.8. The third kappa shape index (κ3) is 41.0. The van der Waals surface area contributed by atoms with Crippen LogP contribution in [0.5, 0.6) is 11.5 Å². The van der Waals surface area contributed by atoms with Gasteiger partial charge in [0.15, 0.2) is 0 Å². The number of primary amides is 3. The number of hydrogen-bond donors (Lipinski definition) is 26. The Kier molecular flexibility index (Phi) is 48.6. The van der Waals surface area contributed by atoms with Gasteiger partial charge in [0.05, 0.1) is 31.9 Å². The summed E-state index contributed by atoms with van der Waals surface area (Å²) in [5.41, 5.74) is 33.9. The summed E-state index contributed by atoms with van der Waals surface area (Å²) in [7, 11) is 0. The first kappa shape index (κ1) is 112. The van der Waals surface area contributed by atoms with E-state index in [9.17, 15) is 136 Å². The minimum Gasteiger partial charge on any atom is -0.508 e. The number of hydrogen-bond acceptors (Lipinski definition) is 27. The van der Waals surface area contributed by atoms with Crippen molar-refractivity contribution in [3.8, 4) is 11.5 Å². The molecule has 17 amide bonds. The van der Waals surface area contributed by atoms with Crippen molar-refractivity contribution in [2.75, 3.05) is 26.2 Å². The van der Waals surface area contributed by atoms with Crippen LogP contribution in [-0.4, -0.2) is 282 Å². The summed E-state index contributed by atoms with van der Waals surface area (Å²) in [6, 6.07) is -15.0. The van der Waals surface area contributed by atoms with Crippen molar-refractivity contribution in [2.24, 2.45) is 52.2 Å². The number of carbonyl (C=O) groups is 21. The molecule has 0 aliphatic carbocycles. The topological polar surface area (TPSA) is 816 Å². The van der Waals surface area contributed by atoms with E-state index in [1.165, 1.54) is 55.5 Å². The zero-order valence-corrected chi connectivity index (χ0v) is 74.0. The molecule has 48 heteroatoms. The van der Waals surface area contributed by atoms with Gasteiger partial charge in [0, 0.05) is 38.6 Å². The number of amides is 17. The highest BCUT2D eigenvalue weighted by Crippen LogP contribution is 2.23. The number of likely N-dealkylation sites (tertiary alicyclic amines) is 1. The van der Waals surface area contributed by atoms with Crippen molar-refractivity contribution in [3.63, 3.8) is 0 Å². The number of carboxylic acid groups (broad SMARTS) is 4. The maximum Gasteiger partial charge on any atom is 0.326 e. The second kappa shape index (κ2) is 56.9. The average Bonchev–Trinajstić information content (AvgIpc) is 1.69. The van der Waals surface area contributed by atoms with E-state index in [0.717, 1.165) is 4.90 Å². The van der Waals surface area contributed by atoms with E-state index < -0.39 is 285 Å². The van der Waals surface area contributed by atoms with Gasteiger partial charge in [-0.3, -0.25) is 95.9 Å². The zero-order valence-electron chi connectivity index (χ0n) is 74.0. The molecular formula is C83H128N20O28. The van der Waals surface area contributed by atoms with Gasteiger partial charge in [-0.05, 0) is 150 Å². The lowest BCUT2D eigenvalue weighted by atomic mass is 9.96. The average molecular weight is 1850 g/mol. The van der Waals surface area contributed by atoms with Crippen LogP contribution >= 0.6 is 0 Å². The number of aliphatic carboxylic acids is 4. The van der Waals surface area contributed by atoms with Crippen LogP contribution in [-0.2, 0) is 114 Å². The molecule has 0 radical (unpaired) electrons. The van der Waals surface area contributed by atoms with Crippen molar-refractivity contribution in [2.45, 2.75) is 273 Å². The molecule has 0 bridgehead atoms. The normalized spacial score (nSPS) is 15.8. The Morgan fingerprint density at radius 2 is 0.748 bits per heavy atom. The van der Waals surface area contributed by atoms with Gasteiger partial charge >= 0.3 is 23.9 Å². The number of nitrogens with two attached hydrogens (primary N) is 6. The van der Waals surface area contributed by atoms with Crippen LogP contribution in [0.2, 0.25) is 0 Å². The molecule has 1 saturated heterocycles. The Balaban J connectivity index is 1.96. The van der Waals surface area contributed by atoms with Gasteiger partial charge in [-0.15, -0.1) is 0 Å². The van der Waals surface area contributed by atoms with Crippen LogP contribution in [0.15, 0.2) is 48.5 Å². The molecule has 0 unspecified atom stereocenters. The highest BCUT2D eigenvalue weighted by molar-refractivity contribution is 6.02. The Labute approximate surface area is 754 Å². The number of nitrogens with zero attached hydrogens (tertiary/aromatic N) is 1. The van der Waals surface area contributed by atoms with Crippen molar-refractivity contribution in [1.29, 1.82) is 0 Å². The predicted octanol–water partition coefficient (Wildman–Crippen LogP) is -6.80. The van der Waals surface area contributed by atoms with Gasteiger partial charge < -0.3 is 144 Å². The maximum atomic E-state index is 14.9. The summed E-state index contributed by atoms with van der Waals surface area (Å²) in [6.07, 6.45) is -6.94. The molecule has 728 valence electrons. The molecule has 16 atom stereocenters. The molecule has 0 saturated carbocycles. The first-order valence-corrected chi connectivity index (χ1v) is 42.9. The Morgan fingerprint density at radius 3 is 1.16 bits per heavy atom. The lowest BCUT2D eigenvalue weighted by Gasteiger charge is -2.31. The Morgan fingerprint density at radius 1 is 0.389 bits per heavy atom. The third-order valence-corrected chi connectivity index (χ3v) is 21.0. The summed E-state index contributed by atoms with van der Waals surface area (Å²) < 4.78 is 0. The molecule has 32 N–H and O–H groups in total. The van der Waals surface area contributed by atoms with E-state index in [4.69, 9.17) is 34.4 Å². The number of phenolic OH excluding ortho intramolecular Hbond substituents is 2. The van der Waals surface area contributed by atoms with E-state index in [-0.39, 0.29) is 133 Å². The van der Waals surface area contributed by atoms with Crippen LogP contribution in [0.3, 0.4) is 0 Å². The van der Waals surface area contributed by atoms with Crippen molar-refractivity contribution in [1.82, 2.24) is 74.0 Å². The van der Waals surface area contributed by atoms with Gasteiger partial charge in [0.2, 0.25) is 100 Å². The Bertz CT molecular complexity index is 4290. The fraction of sp³-hybridized carbons (Fsp3) is 0.602. The molecule has 2 aromatic rings. The van der Waals surface area contributed by atoms with E-state index in [0.29, 0.717) is 5.56 Å². The summed E-state index contributed by atoms with van der Waals surface area (Å²) in [4.78, 5) is 285. The first-order valence-electron chi connectivity index (χ1n) is 42.9. The number of carbonyl (C=O) groups excluding carboxylic acids is 17. The molecule has 2 aromatic carbocycles. The Hall–Kier alpha value is -13.2. The summed E-state index contributed by atoms with van der Waals surface area (Å²) in [5.74, 6) is -27.0. The van der Waals surface area contributed by atoms with Crippen LogP contribution in [0, 0.1) is 17.8 Å². The molecule has 48 nitrogen and oxygen atoms in total. The predicted molar refractivity (Wildman–Crippen MR) is 462 cm³/mol. The van der Waals surface area contributed by atoms with Gasteiger partial charge in [-0.1, -0.05) is 72.2 Å². The van der Waals surface area contributed by atoms with Crippen LogP contribution in [0.25, 0.3) is 0 Å². The number of benzene rings is 2. The number of aliphatic hydroxyl groups is 1. The molecule has 1 aliphatic heterocycles. The maximum absolute atomic E-state index is 14.9. The summed E-state index contributed by atoms with van der Waals surface area (Å²) >= 11 is 0. The highest BCUT2D eigenvalue weighted by atomic mass is 16.4. The molecular weight excluding hydrogens is 1730 g/mol. The smallest absolute Gasteiger partial charge is 0.326 e. The number of carboxylic acids is 4. The van der Waals surface area contributed by atoms with Crippen molar-refractivity contribution in [3.05, 3.63) is 59.7 Å². The molecule has 1 fully saturated rings. The fourth-order valence-electron chi connectivity index (χ4n) is 13.7. The largest absolute Gasteiger partial charge is 0.508 e. The standard InChI is InChI=1S/C83H128N20O28/c1-7-43(6)68(81(128)93-50(14-9-11-31-85)71(118)90-49(13-8-10-30-84)70(117)91-51(25-28-65(110)111)72(119)97-55(35-44-16-20-46(105)21-17-44)76(123)100-59(83(130)131)38-64(89)109)102-73(120)52(26-29-66(112)113)92-79(126)60(40-104)101-75(122)54(34-42(4)5)96-78(125)57(39-67(114)115)98-80(127)61-15-12-32-103(61)82(129)58(36-45-18-22-47(106)23-19-45)99-74(121)53(33-41(2)3)95-77(124)56(37-63(88)108)94-69(116)48(86)24-27-62(87)107/h16-23,41-43,48-61,68,104-106H,7-15,24-40,84-86H2,1-6H3,(H2,87,107)(H2,88,108)(H2,89,109)(H,90,118)(H,91,117)(H,92,126)(H,93,128)(H,94,116)(H,95,124)(H,96,125)(H,97,119)(H,98,127)(H,99,121)(H,100,123)(H,101,122)(H,102,120)(H,110,111)(H,112,113)(H,114,115)(H,130,131)/t43-,48-,49-,50-,51-,52-,53-,54-,55-,56-,57-,58-,59-,60-,61-,68-/m0/s1. The number of phenols is 2. The minimum absolute atomic E-state index is 0.0842. The van der Waals surface area contributed by atoms with Gasteiger partial charge in [-0.2, -0.15) is 0 Å². The molecule has 1 aliphatic rings. The van der Waals surface area contributed by atoms with Crippen molar-refractivity contribution < 1.29 is 136 Å². The molecule has 0 spiro atoms. The highest BCUT2D eigenvalue weighted by Gasteiger charge is 2.43. The second-order valence-corrected chi connectivity index (χ2v) is 32.8. The number of aromatic hydroxyl groups is 2. The van der Waals surface area contributed by atoms with E-state index >= 15 is 0 Å². The zero-order chi connectivity index (χ0) is 98.6. The number of aliphatic hydroxyl groups excluding tert-OH is 1. The lowest BCUT2D eigenvalue weighted by molar-refractivity contribution is -0.144. The monoisotopic (exact) mass is 1850 g/mol. The van der Waals surface area contributed by atoms with Crippen LogP contribution in [0.1, 0.15) is 181 Å². The van der Waals surface area contributed by atoms with E-state index in [2.05, 4.69) is 69.1 Å².